The molecule has 4 nitrogen and oxygen atoms in total. The van der Waals surface area contributed by atoms with Gasteiger partial charge in [0, 0.05) is 6.54 Å². The fourth-order valence-corrected chi connectivity index (χ4v) is 3.98. The van der Waals surface area contributed by atoms with Crippen LogP contribution in [-0.2, 0) is 13.2 Å². The first kappa shape index (κ1) is 21.9. The first-order valence-corrected chi connectivity index (χ1v) is 11.5. The Kier molecular flexibility index (Phi) is 7.10. The molecule has 0 aliphatic rings. The highest BCUT2D eigenvalue weighted by Gasteiger charge is 2.11. The average molecular weight is 429 g/mol. The number of hydrogen-bond donors (Lipinski definition) is 0. The molecule has 0 radical (unpaired) electrons. The molecular formula is C28H32N2O2. The van der Waals surface area contributed by atoms with Crippen molar-refractivity contribution in [2.45, 2.75) is 52.7 Å². The molecule has 0 spiro atoms. The molecule has 0 fully saturated rings. The van der Waals surface area contributed by atoms with Crippen molar-refractivity contribution in [3.63, 3.8) is 0 Å². The Bertz CT molecular complexity index is 1160. The molecule has 0 saturated heterocycles. The molecule has 1 heterocycles. The summed E-state index contributed by atoms with van der Waals surface area (Å²) in [7, 11) is 0. The summed E-state index contributed by atoms with van der Waals surface area (Å²) in [6.07, 6.45) is 2.00. The van der Waals surface area contributed by atoms with E-state index in [9.17, 15) is 0 Å². The van der Waals surface area contributed by atoms with Gasteiger partial charge in [0.25, 0.3) is 0 Å². The van der Waals surface area contributed by atoms with Gasteiger partial charge in [-0.1, -0.05) is 56.3 Å². The minimum Gasteiger partial charge on any atom is -0.493 e. The van der Waals surface area contributed by atoms with Crippen LogP contribution in [0.5, 0.6) is 11.5 Å². The van der Waals surface area contributed by atoms with Gasteiger partial charge in [-0.05, 0) is 67.1 Å². The second kappa shape index (κ2) is 10.4. The van der Waals surface area contributed by atoms with Crippen molar-refractivity contribution in [3.05, 3.63) is 89.7 Å². The number of rotatable bonds is 10. The predicted octanol–water partition coefficient (Wildman–Crippen LogP) is 6.91. The number of ether oxygens (including phenoxy) is 2. The molecule has 4 rings (SSSR count). The van der Waals surface area contributed by atoms with Crippen LogP contribution in [0.3, 0.4) is 0 Å². The van der Waals surface area contributed by atoms with Gasteiger partial charge in [-0.2, -0.15) is 0 Å². The van der Waals surface area contributed by atoms with Crippen LogP contribution in [0.2, 0.25) is 0 Å². The normalized spacial score (nSPS) is 11.2. The zero-order valence-electron chi connectivity index (χ0n) is 19.3. The fraction of sp³-hybridized carbons (Fsp3) is 0.321. The molecule has 0 saturated carbocycles. The van der Waals surface area contributed by atoms with Crippen LogP contribution >= 0.6 is 0 Å². The molecule has 0 aliphatic carbocycles. The Morgan fingerprint density at radius 1 is 0.875 bits per heavy atom. The summed E-state index contributed by atoms with van der Waals surface area (Å²) in [5.41, 5.74) is 4.62. The Morgan fingerprint density at radius 3 is 2.53 bits per heavy atom. The lowest BCUT2D eigenvalue weighted by molar-refractivity contribution is 0.284. The van der Waals surface area contributed by atoms with Gasteiger partial charge >= 0.3 is 0 Å². The van der Waals surface area contributed by atoms with E-state index in [0.717, 1.165) is 47.7 Å². The van der Waals surface area contributed by atoms with Crippen molar-refractivity contribution < 1.29 is 9.47 Å². The maximum atomic E-state index is 6.10. The number of fused-ring (bicyclic) bond motifs is 1. The Balaban J connectivity index is 1.38. The van der Waals surface area contributed by atoms with Gasteiger partial charge in [0.1, 0.15) is 23.9 Å². The summed E-state index contributed by atoms with van der Waals surface area (Å²) in [5.74, 6) is 3.29. The zero-order valence-corrected chi connectivity index (χ0v) is 19.3. The SMILES string of the molecule is Cc1cccc(OCc2nc3ccccc3n2CCCCOc2ccccc2C(C)C)c1. The summed E-state index contributed by atoms with van der Waals surface area (Å²) in [4.78, 5) is 4.83. The lowest BCUT2D eigenvalue weighted by Gasteiger charge is -2.14. The van der Waals surface area contributed by atoms with Crippen LogP contribution in [0.15, 0.2) is 72.8 Å². The molecule has 166 valence electrons. The minimum atomic E-state index is 0.455. The number of aryl methyl sites for hydroxylation is 2. The number of aromatic nitrogens is 2. The summed E-state index contributed by atoms with van der Waals surface area (Å²) < 4.78 is 14.4. The topological polar surface area (TPSA) is 36.3 Å². The number of benzene rings is 3. The van der Waals surface area contributed by atoms with E-state index in [1.54, 1.807) is 0 Å². The van der Waals surface area contributed by atoms with E-state index in [4.69, 9.17) is 14.5 Å². The third-order valence-electron chi connectivity index (χ3n) is 5.67. The summed E-state index contributed by atoms with van der Waals surface area (Å²) in [6.45, 7) is 8.53. The Morgan fingerprint density at radius 2 is 1.69 bits per heavy atom. The number of nitrogens with zero attached hydrogens (tertiary/aromatic N) is 2. The van der Waals surface area contributed by atoms with Gasteiger partial charge in [-0.3, -0.25) is 0 Å². The van der Waals surface area contributed by atoms with Crippen LogP contribution in [0.1, 0.15) is 49.6 Å². The molecular weight excluding hydrogens is 396 g/mol. The van der Waals surface area contributed by atoms with Crippen molar-refractivity contribution in [1.29, 1.82) is 0 Å². The fourth-order valence-electron chi connectivity index (χ4n) is 3.98. The van der Waals surface area contributed by atoms with Crippen molar-refractivity contribution in [3.8, 4) is 11.5 Å². The van der Waals surface area contributed by atoms with Gasteiger partial charge in [0.2, 0.25) is 0 Å². The van der Waals surface area contributed by atoms with Crippen LogP contribution in [0, 0.1) is 6.92 Å². The molecule has 1 aromatic heterocycles. The maximum Gasteiger partial charge on any atom is 0.147 e. The van der Waals surface area contributed by atoms with E-state index < -0.39 is 0 Å². The third-order valence-corrected chi connectivity index (χ3v) is 5.67. The quantitative estimate of drug-likeness (QED) is 0.258. The molecule has 0 amide bonds. The lowest BCUT2D eigenvalue weighted by atomic mass is 10.0. The number of para-hydroxylation sites is 3. The smallest absolute Gasteiger partial charge is 0.147 e. The molecule has 0 aliphatic heterocycles. The number of unbranched alkanes of at least 4 members (excludes halogenated alkanes) is 1. The van der Waals surface area contributed by atoms with E-state index in [1.807, 2.05) is 24.3 Å². The predicted molar refractivity (Wildman–Crippen MR) is 131 cm³/mol. The molecule has 4 heteroatoms. The van der Waals surface area contributed by atoms with E-state index in [-0.39, 0.29) is 0 Å². The van der Waals surface area contributed by atoms with Gasteiger partial charge in [-0.25, -0.2) is 4.98 Å². The maximum absolute atomic E-state index is 6.10. The van der Waals surface area contributed by atoms with Crippen LogP contribution in [0.4, 0.5) is 0 Å². The molecule has 0 bridgehead atoms. The third kappa shape index (κ3) is 5.31. The number of hydrogen-bond acceptors (Lipinski definition) is 3. The van der Waals surface area contributed by atoms with Gasteiger partial charge in [-0.15, -0.1) is 0 Å². The first-order valence-electron chi connectivity index (χ1n) is 11.5. The van der Waals surface area contributed by atoms with E-state index in [1.165, 1.54) is 11.1 Å². The first-order chi connectivity index (χ1) is 15.6. The zero-order chi connectivity index (χ0) is 22.3. The van der Waals surface area contributed by atoms with Crippen LogP contribution in [-0.4, -0.2) is 16.2 Å². The standard InChI is InChI=1S/C28H32N2O2/c1-21(2)24-13-4-7-16-27(24)31-18-9-8-17-30-26-15-6-5-14-25(26)29-28(30)20-32-23-12-10-11-22(3)19-23/h4-7,10-16,19,21H,8-9,17-18,20H2,1-3H3. The van der Waals surface area contributed by atoms with Gasteiger partial charge in [0.05, 0.1) is 17.6 Å². The van der Waals surface area contributed by atoms with Crippen molar-refractivity contribution in [2.24, 2.45) is 0 Å². The highest BCUT2D eigenvalue weighted by atomic mass is 16.5. The second-order valence-corrected chi connectivity index (χ2v) is 8.52. The van der Waals surface area contributed by atoms with E-state index in [0.29, 0.717) is 19.1 Å². The molecule has 0 atom stereocenters. The second-order valence-electron chi connectivity index (χ2n) is 8.52. The molecule has 32 heavy (non-hydrogen) atoms. The monoisotopic (exact) mass is 428 g/mol. The lowest BCUT2D eigenvalue weighted by Crippen LogP contribution is -2.09. The molecule has 3 aromatic carbocycles. The highest BCUT2D eigenvalue weighted by Crippen LogP contribution is 2.26. The van der Waals surface area contributed by atoms with Gasteiger partial charge in [0.15, 0.2) is 0 Å². The van der Waals surface area contributed by atoms with E-state index in [2.05, 4.69) is 73.9 Å². The molecule has 0 unspecified atom stereocenters. The Labute approximate surface area is 190 Å². The van der Waals surface area contributed by atoms with Crippen LogP contribution < -0.4 is 9.47 Å². The highest BCUT2D eigenvalue weighted by molar-refractivity contribution is 5.75. The average Bonchev–Trinajstić information content (AvgIpc) is 3.15. The van der Waals surface area contributed by atoms with Crippen molar-refractivity contribution >= 4 is 11.0 Å². The molecule has 0 N–H and O–H groups in total. The number of imidazole rings is 1. The summed E-state index contributed by atoms with van der Waals surface area (Å²) >= 11 is 0. The minimum absolute atomic E-state index is 0.455. The van der Waals surface area contributed by atoms with Crippen LogP contribution in [0.25, 0.3) is 11.0 Å². The largest absolute Gasteiger partial charge is 0.493 e. The van der Waals surface area contributed by atoms with E-state index >= 15 is 0 Å². The summed E-state index contributed by atoms with van der Waals surface area (Å²) in [5, 5.41) is 0. The summed E-state index contributed by atoms with van der Waals surface area (Å²) in [6, 6.07) is 24.8. The van der Waals surface area contributed by atoms with Crippen molar-refractivity contribution in [1.82, 2.24) is 9.55 Å². The Hall–Kier alpha value is -3.27. The van der Waals surface area contributed by atoms with Gasteiger partial charge < -0.3 is 14.0 Å². The van der Waals surface area contributed by atoms with Crippen molar-refractivity contribution in [2.75, 3.05) is 6.61 Å². The molecule has 4 aromatic rings.